The Kier molecular flexibility index (Phi) is 5.95. The van der Waals surface area contributed by atoms with E-state index < -0.39 is 17.8 Å². The molecule has 0 aliphatic heterocycles. The van der Waals surface area contributed by atoms with Crippen molar-refractivity contribution in [2.75, 3.05) is 13.2 Å². The van der Waals surface area contributed by atoms with Crippen LogP contribution in [0.25, 0.3) is 0 Å². The fourth-order valence-electron chi connectivity index (χ4n) is 1.90. The Bertz CT molecular complexity index is 606. The van der Waals surface area contributed by atoms with E-state index in [1.807, 2.05) is 12.1 Å². The van der Waals surface area contributed by atoms with Crippen LogP contribution < -0.4 is 10.1 Å². The summed E-state index contributed by atoms with van der Waals surface area (Å²) >= 11 is 0. The minimum Gasteiger partial charge on any atom is -0.491 e. The number of aromatic nitrogens is 1. The molecule has 0 saturated carbocycles. The molecule has 1 aromatic carbocycles. The normalized spacial score (nSPS) is 12.9. The van der Waals surface area contributed by atoms with Gasteiger partial charge in [0.2, 0.25) is 0 Å². The van der Waals surface area contributed by atoms with Crippen LogP contribution in [0.15, 0.2) is 48.8 Å². The van der Waals surface area contributed by atoms with E-state index in [0.717, 1.165) is 17.7 Å². The molecule has 0 saturated heterocycles. The lowest BCUT2D eigenvalue weighted by Gasteiger charge is -2.14. The molecule has 7 heteroatoms. The summed E-state index contributed by atoms with van der Waals surface area (Å²) in [4.78, 5) is 3.90. The van der Waals surface area contributed by atoms with Crippen LogP contribution in [0.4, 0.5) is 13.2 Å². The summed E-state index contributed by atoms with van der Waals surface area (Å²) in [5.74, 6) is 0.0769. The molecule has 0 aliphatic rings. The van der Waals surface area contributed by atoms with Gasteiger partial charge in [0.1, 0.15) is 18.5 Å². The first-order chi connectivity index (χ1) is 10.9. The van der Waals surface area contributed by atoms with E-state index in [1.54, 1.807) is 12.4 Å². The van der Waals surface area contributed by atoms with E-state index in [4.69, 9.17) is 4.74 Å². The number of pyridine rings is 1. The van der Waals surface area contributed by atoms with Crippen LogP contribution in [0.5, 0.6) is 5.75 Å². The van der Waals surface area contributed by atoms with Crippen LogP contribution in [0.2, 0.25) is 0 Å². The lowest BCUT2D eigenvalue weighted by Crippen LogP contribution is -2.31. The fourth-order valence-corrected chi connectivity index (χ4v) is 1.90. The third-order valence-corrected chi connectivity index (χ3v) is 3.06. The van der Waals surface area contributed by atoms with Gasteiger partial charge >= 0.3 is 6.18 Å². The number of rotatable bonds is 7. The number of halogens is 3. The van der Waals surface area contributed by atoms with Crippen LogP contribution in [0.3, 0.4) is 0 Å². The molecule has 0 fully saturated rings. The molecular formula is C16H17F3N2O2. The van der Waals surface area contributed by atoms with Gasteiger partial charge in [-0.05, 0) is 35.9 Å². The molecule has 0 bridgehead atoms. The van der Waals surface area contributed by atoms with Crippen molar-refractivity contribution in [1.29, 1.82) is 0 Å². The average Bonchev–Trinajstić information content (AvgIpc) is 2.53. The highest BCUT2D eigenvalue weighted by Gasteiger charge is 2.30. The molecule has 0 aliphatic carbocycles. The number of hydrogen-bond acceptors (Lipinski definition) is 4. The number of nitrogens with one attached hydrogen (secondary N) is 1. The number of aliphatic hydroxyl groups excluding tert-OH is 1. The second-order valence-corrected chi connectivity index (χ2v) is 4.98. The zero-order chi connectivity index (χ0) is 16.7. The smallest absolute Gasteiger partial charge is 0.416 e. The summed E-state index contributed by atoms with van der Waals surface area (Å²) in [6.07, 6.45) is -1.90. The topological polar surface area (TPSA) is 54.4 Å². The zero-order valence-corrected chi connectivity index (χ0v) is 12.3. The standard InChI is InChI=1S/C16H17F3N2O2/c17-16(18,19)13-2-1-3-15(8-13)23-11-14(22)10-21-9-12-4-6-20-7-5-12/h1-8,14,21-22H,9-11H2. The lowest BCUT2D eigenvalue weighted by atomic mass is 10.2. The minimum absolute atomic E-state index is 0.0769. The minimum atomic E-state index is -4.41. The van der Waals surface area contributed by atoms with Crippen LogP contribution in [0, 0.1) is 0 Å². The van der Waals surface area contributed by atoms with Gasteiger partial charge in [0.25, 0.3) is 0 Å². The Morgan fingerprint density at radius 2 is 1.91 bits per heavy atom. The SMILES string of the molecule is OC(CNCc1ccncc1)COc1cccc(C(F)(F)F)c1. The molecule has 1 unspecified atom stereocenters. The Morgan fingerprint density at radius 1 is 1.17 bits per heavy atom. The molecule has 124 valence electrons. The van der Waals surface area contributed by atoms with Gasteiger partial charge in [-0.3, -0.25) is 4.98 Å². The maximum absolute atomic E-state index is 12.6. The first-order valence-electron chi connectivity index (χ1n) is 7.03. The molecule has 1 atom stereocenters. The Balaban J connectivity index is 1.75. The first kappa shape index (κ1) is 17.2. The number of hydrogen-bond donors (Lipinski definition) is 2. The molecule has 0 spiro atoms. The van der Waals surface area contributed by atoms with Gasteiger partial charge in [-0.2, -0.15) is 13.2 Å². The van der Waals surface area contributed by atoms with Crippen molar-refractivity contribution < 1.29 is 23.0 Å². The molecule has 1 heterocycles. The summed E-state index contributed by atoms with van der Waals surface area (Å²) in [6.45, 7) is 0.731. The highest BCUT2D eigenvalue weighted by molar-refractivity contribution is 5.30. The highest BCUT2D eigenvalue weighted by atomic mass is 19.4. The lowest BCUT2D eigenvalue weighted by molar-refractivity contribution is -0.137. The molecule has 1 aromatic heterocycles. The summed E-state index contributed by atoms with van der Waals surface area (Å²) in [6, 6.07) is 8.27. The predicted molar refractivity (Wildman–Crippen MR) is 78.9 cm³/mol. The van der Waals surface area contributed by atoms with E-state index in [0.29, 0.717) is 6.54 Å². The molecular weight excluding hydrogens is 309 g/mol. The van der Waals surface area contributed by atoms with Gasteiger partial charge in [0.15, 0.2) is 0 Å². The second kappa shape index (κ2) is 7.94. The van der Waals surface area contributed by atoms with E-state index in [1.165, 1.54) is 12.1 Å². The van der Waals surface area contributed by atoms with Crippen molar-refractivity contribution in [2.24, 2.45) is 0 Å². The number of ether oxygens (including phenoxy) is 1. The number of nitrogens with zero attached hydrogens (tertiary/aromatic N) is 1. The average molecular weight is 326 g/mol. The zero-order valence-electron chi connectivity index (χ0n) is 12.3. The maximum Gasteiger partial charge on any atom is 0.416 e. The molecule has 0 amide bonds. The Labute approximate surface area is 131 Å². The van der Waals surface area contributed by atoms with Crippen molar-refractivity contribution in [3.05, 3.63) is 59.9 Å². The Morgan fingerprint density at radius 3 is 2.61 bits per heavy atom. The van der Waals surface area contributed by atoms with Gasteiger partial charge in [-0.1, -0.05) is 6.07 Å². The van der Waals surface area contributed by atoms with Crippen molar-refractivity contribution >= 4 is 0 Å². The van der Waals surface area contributed by atoms with Crippen molar-refractivity contribution in [3.63, 3.8) is 0 Å². The molecule has 2 aromatic rings. The van der Waals surface area contributed by atoms with E-state index >= 15 is 0 Å². The van der Waals surface area contributed by atoms with E-state index in [9.17, 15) is 18.3 Å². The van der Waals surface area contributed by atoms with Crippen molar-refractivity contribution in [1.82, 2.24) is 10.3 Å². The second-order valence-electron chi connectivity index (χ2n) is 4.98. The largest absolute Gasteiger partial charge is 0.491 e. The van der Waals surface area contributed by atoms with Gasteiger partial charge in [-0.25, -0.2) is 0 Å². The monoisotopic (exact) mass is 326 g/mol. The molecule has 2 rings (SSSR count). The molecule has 0 radical (unpaired) electrons. The van der Waals surface area contributed by atoms with Gasteiger partial charge in [0, 0.05) is 25.5 Å². The third-order valence-electron chi connectivity index (χ3n) is 3.06. The van der Waals surface area contributed by atoms with E-state index in [2.05, 4.69) is 10.3 Å². The summed E-state index contributed by atoms with van der Waals surface area (Å²) in [5, 5.41) is 12.8. The van der Waals surface area contributed by atoms with E-state index in [-0.39, 0.29) is 18.9 Å². The fraction of sp³-hybridized carbons (Fsp3) is 0.312. The maximum atomic E-state index is 12.6. The number of alkyl halides is 3. The summed E-state index contributed by atoms with van der Waals surface area (Å²) < 4.78 is 42.9. The van der Waals surface area contributed by atoms with Gasteiger partial charge in [0.05, 0.1) is 5.56 Å². The summed E-state index contributed by atoms with van der Waals surface area (Å²) in [7, 11) is 0. The van der Waals surface area contributed by atoms with Gasteiger partial charge in [-0.15, -0.1) is 0 Å². The molecule has 4 nitrogen and oxygen atoms in total. The Hall–Kier alpha value is -2.12. The summed E-state index contributed by atoms with van der Waals surface area (Å²) in [5.41, 5.74) is 0.242. The quantitative estimate of drug-likeness (QED) is 0.821. The molecule has 23 heavy (non-hydrogen) atoms. The van der Waals surface area contributed by atoms with Crippen LogP contribution in [0.1, 0.15) is 11.1 Å². The van der Waals surface area contributed by atoms with Crippen LogP contribution in [-0.2, 0) is 12.7 Å². The van der Waals surface area contributed by atoms with Crippen LogP contribution in [-0.4, -0.2) is 29.3 Å². The highest BCUT2D eigenvalue weighted by Crippen LogP contribution is 2.31. The first-order valence-corrected chi connectivity index (χ1v) is 7.03. The van der Waals surface area contributed by atoms with Crippen LogP contribution >= 0.6 is 0 Å². The van der Waals surface area contributed by atoms with Crippen molar-refractivity contribution in [2.45, 2.75) is 18.8 Å². The van der Waals surface area contributed by atoms with Gasteiger partial charge < -0.3 is 15.2 Å². The third kappa shape index (κ3) is 5.88. The number of aliphatic hydroxyl groups is 1. The number of benzene rings is 1. The van der Waals surface area contributed by atoms with Crippen molar-refractivity contribution in [3.8, 4) is 5.75 Å². The predicted octanol–water partition coefficient (Wildman–Crippen LogP) is 2.63. The molecule has 2 N–H and O–H groups in total.